The van der Waals surface area contributed by atoms with Gasteiger partial charge in [-0.1, -0.05) is 0 Å². The normalized spacial score (nSPS) is 17.7. The van der Waals surface area contributed by atoms with Gasteiger partial charge in [-0.25, -0.2) is 8.42 Å². The highest BCUT2D eigenvalue weighted by Crippen LogP contribution is 2.27. The number of nitrogens with zero attached hydrogens (tertiary/aromatic N) is 1. The summed E-state index contributed by atoms with van der Waals surface area (Å²) in [6, 6.07) is 11.5. The highest BCUT2D eigenvalue weighted by Gasteiger charge is 2.32. The Morgan fingerprint density at radius 2 is 1.93 bits per heavy atom. The molecule has 2 aromatic rings. The molecule has 1 aliphatic heterocycles. The van der Waals surface area contributed by atoms with Gasteiger partial charge in [0.2, 0.25) is 10.0 Å². The van der Waals surface area contributed by atoms with Gasteiger partial charge in [-0.15, -0.1) is 0 Å². The third kappa shape index (κ3) is 4.27. The molecule has 144 valence electrons. The lowest BCUT2D eigenvalue weighted by atomic mass is 10.2. The molecule has 1 aliphatic rings. The number of nitrogens with one attached hydrogen (secondary N) is 1. The number of rotatable bonds is 5. The molecule has 0 saturated carbocycles. The Labute approximate surface area is 173 Å². The van der Waals surface area contributed by atoms with Gasteiger partial charge in [0.25, 0.3) is 5.91 Å². The summed E-state index contributed by atoms with van der Waals surface area (Å²) >= 11 is 2.11. The molecule has 1 amide bonds. The number of halogens is 1. The van der Waals surface area contributed by atoms with Gasteiger partial charge in [-0.05, 0) is 84.8 Å². The molecule has 27 heavy (non-hydrogen) atoms. The molecule has 3 rings (SSSR count). The summed E-state index contributed by atoms with van der Waals surface area (Å²) < 4.78 is 33.0. The van der Waals surface area contributed by atoms with Crippen LogP contribution in [0.4, 0.5) is 5.69 Å². The first-order chi connectivity index (χ1) is 12.8. The third-order valence-electron chi connectivity index (χ3n) is 4.62. The predicted octanol–water partition coefficient (Wildman–Crippen LogP) is 3.73. The van der Waals surface area contributed by atoms with E-state index < -0.39 is 10.0 Å². The molecule has 1 N–H and O–H groups in total. The minimum Gasteiger partial charge on any atom is -0.496 e. The Balaban J connectivity index is 1.74. The van der Waals surface area contributed by atoms with E-state index in [4.69, 9.17) is 4.74 Å². The molecule has 1 heterocycles. The molecule has 0 aromatic heterocycles. The second-order valence-corrected chi connectivity index (χ2v) is 9.49. The number of benzene rings is 2. The summed E-state index contributed by atoms with van der Waals surface area (Å²) in [7, 11) is -1.91. The molecular formula is C19H21IN2O4S. The molecule has 1 saturated heterocycles. The van der Waals surface area contributed by atoms with Crippen molar-refractivity contribution in [1.82, 2.24) is 4.31 Å². The highest BCUT2D eigenvalue weighted by molar-refractivity contribution is 14.1. The summed E-state index contributed by atoms with van der Waals surface area (Å²) in [4.78, 5) is 12.7. The maximum absolute atomic E-state index is 12.7. The van der Waals surface area contributed by atoms with E-state index in [0.29, 0.717) is 23.5 Å². The number of methoxy groups -OCH3 is 1. The van der Waals surface area contributed by atoms with Crippen molar-refractivity contribution >= 4 is 44.2 Å². The molecule has 0 aliphatic carbocycles. The Morgan fingerprint density at radius 1 is 1.22 bits per heavy atom. The van der Waals surface area contributed by atoms with Crippen molar-refractivity contribution in [2.24, 2.45) is 0 Å². The summed E-state index contributed by atoms with van der Waals surface area (Å²) in [5.74, 6) is 0.442. The molecule has 0 radical (unpaired) electrons. The minimum absolute atomic E-state index is 0.0203. The Morgan fingerprint density at radius 3 is 2.48 bits per heavy atom. The van der Waals surface area contributed by atoms with E-state index in [9.17, 15) is 13.2 Å². The van der Waals surface area contributed by atoms with Crippen LogP contribution in [0.25, 0.3) is 0 Å². The molecule has 0 bridgehead atoms. The largest absolute Gasteiger partial charge is 0.496 e. The summed E-state index contributed by atoms with van der Waals surface area (Å²) in [6.45, 7) is 2.48. The van der Waals surface area contributed by atoms with E-state index in [1.165, 1.54) is 12.1 Å². The maximum Gasteiger partial charge on any atom is 0.255 e. The molecule has 0 spiro atoms. The first-order valence-electron chi connectivity index (χ1n) is 8.59. The number of carbonyl (C=O) groups is 1. The standard InChI is InChI=1S/C19H21IN2O4S/c1-13-4-3-11-22(13)27(24,25)16-8-6-15(7-9-16)21-19(23)14-5-10-18(26-2)17(20)12-14/h5-10,12-13H,3-4,11H2,1-2H3,(H,21,23). The van der Waals surface area contributed by atoms with Crippen LogP contribution in [0.3, 0.4) is 0 Å². The minimum atomic E-state index is -3.49. The third-order valence-corrected chi connectivity index (χ3v) is 7.50. The van der Waals surface area contributed by atoms with Crippen LogP contribution in [0.15, 0.2) is 47.4 Å². The van der Waals surface area contributed by atoms with Crippen LogP contribution in [-0.4, -0.2) is 38.3 Å². The van der Waals surface area contributed by atoms with E-state index in [-0.39, 0.29) is 16.8 Å². The van der Waals surface area contributed by atoms with E-state index >= 15 is 0 Å². The summed E-state index contributed by atoms with van der Waals surface area (Å²) in [6.07, 6.45) is 1.77. The molecule has 2 aromatic carbocycles. The van der Waals surface area contributed by atoms with Gasteiger partial charge >= 0.3 is 0 Å². The van der Waals surface area contributed by atoms with Crippen molar-refractivity contribution in [2.45, 2.75) is 30.7 Å². The SMILES string of the molecule is COc1ccc(C(=O)Nc2ccc(S(=O)(=O)N3CCCC3C)cc2)cc1I. The average Bonchev–Trinajstić information content (AvgIpc) is 3.09. The Hall–Kier alpha value is -1.65. The number of hydrogen-bond donors (Lipinski definition) is 1. The lowest BCUT2D eigenvalue weighted by molar-refractivity contribution is 0.102. The van der Waals surface area contributed by atoms with Crippen molar-refractivity contribution in [2.75, 3.05) is 19.0 Å². The molecule has 6 nitrogen and oxygen atoms in total. The topological polar surface area (TPSA) is 75.7 Å². The zero-order valence-electron chi connectivity index (χ0n) is 15.1. The van der Waals surface area contributed by atoms with E-state index in [0.717, 1.165) is 16.4 Å². The van der Waals surface area contributed by atoms with Crippen molar-refractivity contribution < 1.29 is 17.9 Å². The smallest absolute Gasteiger partial charge is 0.255 e. The second-order valence-electron chi connectivity index (χ2n) is 6.43. The van der Waals surface area contributed by atoms with Gasteiger partial charge in [-0.2, -0.15) is 4.31 Å². The Bertz CT molecular complexity index is 945. The lowest BCUT2D eigenvalue weighted by Crippen LogP contribution is -2.33. The van der Waals surface area contributed by atoms with Crippen molar-refractivity contribution in [3.63, 3.8) is 0 Å². The fourth-order valence-electron chi connectivity index (χ4n) is 3.12. The second kappa shape index (κ2) is 8.15. The predicted molar refractivity (Wildman–Crippen MR) is 113 cm³/mol. The lowest BCUT2D eigenvalue weighted by Gasteiger charge is -2.21. The molecular weight excluding hydrogens is 479 g/mol. The molecule has 1 atom stereocenters. The first kappa shape index (κ1) is 20.1. The van der Waals surface area contributed by atoms with E-state index in [1.807, 2.05) is 6.92 Å². The number of sulfonamides is 1. The first-order valence-corrected chi connectivity index (χ1v) is 11.1. The van der Waals surface area contributed by atoms with E-state index in [2.05, 4.69) is 27.9 Å². The molecule has 1 fully saturated rings. The van der Waals surface area contributed by atoms with Crippen LogP contribution in [0.1, 0.15) is 30.1 Å². The summed E-state index contributed by atoms with van der Waals surface area (Å²) in [5, 5.41) is 2.79. The van der Waals surface area contributed by atoms with Crippen LogP contribution < -0.4 is 10.1 Å². The van der Waals surface area contributed by atoms with Gasteiger partial charge in [0.05, 0.1) is 15.6 Å². The van der Waals surface area contributed by atoms with Crippen LogP contribution in [0, 0.1) is 3.57 Å². The number of anilines is 1. The van der Waals surface area contributed by atoms with Crippen LogP contribution >= 0.6 is 22.6 Å². The van der Waals surface area contributed by atoms with Crippen LogP contribution in [0.5, 0.6) is 5.75 Å². The van der Waals surface area contributed by atoms with Crippen molar-refractivity contribution in [3.8, 4) is 5.75 Å². The fourth-order valence-corrected chi connectivity index (χ4v) is 5.56. The van der Waals surface area contributed by atoms with Crippen molar-refractivity contribution in [3.05, 3.63) is 51.6 Å². The van der Waals surface area contributed by atoms with Gasteiger partial charge < -0.3 is 10.1 Å². The highest BCUT2D eigenvalue weighted by atomic mass is 127. The number of amides is 1. The van der Waals surface area contributed by atoms with Gasteiger partial charge in [0, 0.05) is 23.8 Å². The zero-order valence-corrected chi connectivity index (χ0v) is 18.1. The van der Waals surface area contributed by atoms with Gasteiger partial charge in [0.1, 0.15) is 5.75 Å². The molecule has 1 unspecified atom stereocenters. The van der Waals surface area contributed by atoms with E-state index in [1.54, 1.807) is 41.7 Å². The molecule has 8 heteroatoms. The fraction of sp³-hybridized carbons (Fsp3) is 0.316. The Kier molecular flexibility index (Phi) is 6.07. The van der Waals surface area contributed by atoms with Gasteiger partial charge in [-0.3, -0.25) is 4.79 Å². The number of carbonyl (C=O) groups excluding carboxylic acids is 1. The number of ether oxygens (including phenoxy) is 1. The maximum atomic E-state index is 12.7. The quantitative estimate of drug-likeness (QED) is 0.636. The average molecular weight is 500 g/mol. The van der Waals surface area contributed by atoms with Gasteiger partial charge in [0.15, 0.2) is 0 Å². The van der Waals surface area contributed by atoms with Crippen molar-refractivity contribution in [1.29, 1.82) is 0 Å². The van der Waals surface area contributed by atoms with Crippen LogP contribution in [0.2, 0.25) is 0 Å². The monoisotopic (exact) mass is 500 g/mol. The van der Waals surface area contributed by atoms with Crippen LogP contribution in [-0.2, 0) is 10.0 Å². The number of hydrogen-bond acceptors (Lipinski definition) is 4. The zero-order chi connectivity index (χ0) is 19.6. The summed E-state index contributed by atoms with van der Waals surface area (Å²) in [5.41, 5.74) is 1.04.